The lowest BCUT2D eigenvalue weighted by molar-refractivity contribution is -0.120. The van der Waals surface area contributed by atoms with Crippen molar-refractivity contribution in [1.82, 2.24) is 4.90 Å². The zero-order valence-electron chi connectivity index (χ0n) is 17.6. The molecule has 7 nitrogen and oxygen atoms in total. The third kappa shape index (κ3) is 7.17. The third-order valence-electron chi connectivity index (χ3n) is 4.37. The van der Waals surface area contributed by atoms with Crippen LogP contribution in [0, 0.1) is 13.8 Å². The molecule has 0 atom stereocenters. The highest BCUT2D eigenvalue weighted by atomic mass is 35.5. The van der Waals surface area contributed by atoms with Crippen molar-refractivity contribution in [1.29, 1.82) is 0 Å². The van der Waals surface area contributed by atoms with E-state index in [1.807, 2.05) is 26.8 Å². The second-order valence-corrected chi connectivity index (χ2v) is 7.50. The number of anilines is 3. The highest BCUT2D eigenvalue weighted by molar-refractivity contribution is 6.34. The molecule has 0 saturated heterocycles. The van der Waals surface area contributed by atoms with E-state index in [0.717, 1.165) is 11.1 Å². The van der Waals surface area contributed by atoms with Gasteiger partial charge in [-0.05, 0) is 61.9 Å². The monoisotopic (exact) mass is 430 g/mol. The van der Waals surface area contributed by atoms with Crippen LogP contribution in [0.3, 0.4) is 0 Å². The maximum Gasteiger partial charge on any atom is 0.238 e. The molecule has 0 heterocycles. The molecule has 2 aromatic carbocycles. The van der Waals surface area contributed by atoms with Gasteiger partial charge in [0.15, 0.2) is 0 Å². The van der Waals surface area contributed by atoms with Crippen LogP contribution in [-0.4, -0.2) is 42.3 Å². The second kappa shape index (κ2) is 10.8. The summed E-state index contributed by atoms with van der Waals surface area (Å²) in [4.78, 5) is 37.6. The minimum atomic E-state index is -0.238. The number of carbonyl (C=O) groups is 3. The largest absolute Gasteiger partial charge is 0.326 e. The highest BCUT2D eigenvalue weighted by Crippen LogP contribution is 2.27. The van der Waals surface area contributed by atoms with E-state index in [1.165, 1.54) is 6.92 Å². The molecule has 8 heteroatoms. The predicted octanol–water partition coefficient (Wildman–Crippen LogP) is 3.81. The molecule has 3 N–H and O–H groups in total. The SMILES string of the molecule is CCN(CC(=O)Nc1ccc(NC(C)=O)cc1)CC(=O)Nc1c(C)cc(C)cc1Cl. The van der Waals surface area contributed by atoms with E-state index in [2.05, 4.69) is 16.0 Å². The fraction of sp³-hybridized carbons (Fsp3) is 0.318. The van der Waals surface area contributed by atoms with Gasteiger partial charge in [-0.2, -0.15) is 0 Å². The maximum atomic E-state index is 12.5. The number of aryl methyl sites for hydroxylation is 2. The first-order valence-corrected chi connectivity index (χ1v) is 10.0. The lowest BCUT2D eigenvalue weighted by Crippen LogP contribution is -2.38. The Hall–Kier alpha value is -2.90. The zero-order chi connectivity index (χ0) is 22.3. The van der Waals surface area contributed by atoms with E-state index in [4.69, 9.17) is 11.6 Å². The Bertz CT molecular complexity index is 905. The van der Waals surface area contributed by atoms with Crippen molar-refractivity contribution in [3.05, 3.63) is 52.5 Å². The van der Waals surface area contributed by atoms with Gasteiger partial charge in [-0.1, -0.05) is 24.6 Å². The topological polar surface area (TPSA) is 90.5 Å². The summed E-state index contributed by atoms with van der Waals surface area (Å²) >= 11 is 6.25. The number of rotatable bonds is 8. The fourth-order valence-electron chi connectivity index (χ4n) is 2.98. The quantitative estimate of drug-likeness (QED) is 0.593. The van der Waals surface area contributed by atoms with Crippen molar-refractivity contribution in [2.75, 3.05) is 35.6 Å². The molecule has 0 aromatic heterocycles. The summed E-state index contributed by atoms with van der Waals surface area (Å²) in [7, 11) is 0. The number of hydrogen-bond acceptors (Lipinski definition) is 4. The van der Waals surface area contributed by atoms with Gasteiger partial charge >= 0.3 is 0 Å². The van der Waals surface area contributed by atoms with Crippen LogP contribution in [0.15, 0.2) is 36.4 Å². The molecule has 3 amide bonds. The van der Waals surface area contributed by atoms with Gasteiger partial charge in [0.25, 0.3) is 0 Å². The molecule has 0 aliphatic carbocycles. The summed E-state index contributed by atoms with van der Waals surface area (Å²) in [5, 5.41) is 8.78. The molecule has 2 aromatic rings. The molecule has 0 fully saturated rings. The molecular formula is C22H27ClN4O3. The summed E-state index contributed by atoms with van der Waals surface area (Å²) in [6.07, 6.45) is 0. The number of nitrogens with zero attached hydrogens (tertiary/aromatic N) is 1. The van der Waals surface area contributed by atoms with Crippen molar-refractivity contribution in [3.8, 4) is 0 Å². The second-order valence-electron chi connectivity index (χ2n) is 7.10. The van der Waals surface area contributed by atoms with Crippen molar-refractivity contribution < 1.29 is 14.4 Å². The number of amides is 3. The van der Waals surface area contributed by atoms with E-state index in [-0.39, 0.29) is 30.8 Å². The Kier molecular flexibility index (Phi) is 8.38. The average Bonchev–Trinajstić information content (AvgIpc) is 2.65. The van der Waals surface area contributed by atoms with Gasteiger partial charge in [-0.15, -0.1) is 0 Å². The lowest BCUT2D eigenvalue weighted by Gasteiger charge is -2.20. The standard InChI is InChI=1S/C22H27ClN4O3/c1-5-27(13-21(30)26-22-15(3)10-14(2)11-19(22)23)12-20(29)25-18-8-6-17(7-9-18)24-16(4)28/h6-11H,5,12-13H2,1-4H3,(H,24,28)(H,25,29)(H,26,30). The van der Waals surface area contributed by atoms with Crippen LogP contribution >= 0.6 is 11.6 Å². The number of carbonyl (C=O) groups excluding carboxylic acids is 3. The van der Waals surface area contributed by atoms with Crippen molar-refractivity contribution >= 4 is 46.4 Å². The first-order valence-electron chi connectivity index (χ1n) is 9.64. The molecule has 2 rings (SSSR count). The van der Waals surface area contributed by atoms with Crippen LogP contribution in [0.4, 0.5) is 17.1 Å². The zero-order valence-corrected chi connectivity index (χ0v) is 18.4. The van der Waals surface area contributed by atoms with Gasteiger partial charge < -0.3 is 16.0 Å². The highest BCUT2D eigenvalue weighted by Gasteiger charge is 2.15. The molecule has 160 valence electrons. The third-order valence-corrected chi connectivity index (χ3v) is 4.66. The van der Waals surface area contributed by atoms with Gasteiger partial charge in [-0.3, -0.25) is 19.3 Å². The van der Waals surface area contributed by atoms with Gasteiger partial charge in [-0.25, -0.2) is 0 Å². The van der Waals surface area contributed by atoms with Crippen LogP contribution in [0.2, 0.25) is 5.02 Å². The van der Waals surface area contributed by atoms with Gasteiger partial charge in [0.2, 0.25) is 17.7 Å². The Morgan fingerprint density at radius 1 is 0.900 bits per heavy atom. The van der Waals surface area contributed by atoms with E-state index >= 15 is 0 Å². The number of likely N-dealkylation sites (N-methyl/N-ethyl adjacent to an activating group) is 1. The van der Waals surface area contributed by atoms with E-state index in [0.29, 0.717) is 28.6 Å². The van der Waals surface area contributed by atoms with Crippen molar-refractivity contribution in [2.24, 2.45) is 0 Å². The van der Waals surface area contributed by atoms with E-state index in [9.17, 15) is 14.4 Å². The van der Waals surface area contributed by atoms with Gasteiger partial charge in [0.05, 0.1) is 23.8 Å². The number of hydrogen-bond donors (Lipinski definition) is 3. The smallest absolute Gasteiger partial charge is 0.238 e. The molecule has 30 heavy (non-hydrogen) atoms. The maximum absolute atomic E-state index is 12.5. The lowest BCUT2D eigenvalue weighted by atomic mass is 10.1. The Morgan fingerprint density at radius 3 is 1.93 bits per heavy atom. The predicted molar refractivity (Wildman–Crippen MR) is 121 cm³/mol. The van der Waals surface area contributed by atoms with Crippen molar-refractivity contribution in [2.45, 2.75) is 27.7 Å². The van der Waals surface area contributed by atoms with Crippen LogP contribution in [0.25, 0.3) is 0 Å². The van der Waals surface area contributed by atoms with Crippen LogP contribution < -0.4 is 16.0 Å². The van der Waals surface area contributed by atoms with Crippen molar-refractivity contribution in [3.63, 3.8) is 0 Å². The Morgan fingerprint density at radius 2 is 1.43 bits per heavy atom. The minimum Gasteiger partial charge on any atom is -0.326 e. The number of benzene rings is 2. The van der Waals surface area contributed by atoms with E-state index in [1.54, 1.807) is 35.2 Å². The molecule has 0 unspecified atom stereocenters. The molecule has 0 saturated carbocycles. The molecule has 0 radical (unpaired) electrons. The molecule has 0 bridgehead atoms. The molecular weight excluding hydrogens is 404 g/mol. The van der Waals surface area contributed by atoms with Gasteiger partial charge in [0, 0.05) is 18.3 Å². The molecule has 0 aliphatic heterocycles. The van der Waals surface area contributed by atoms with Crippen LogP contribution in [-0.2, 0) is 14.4 Å². The Labute approximate surface area is 181 Å². The summed E-state index contributed by atoms with van der Waals surface area (Å²) in [5.41, 5.74) is 3.76. The Balaban J connectivity index is 1.91. The first kappa shape index (κ1) is 23.4. The normalized spacial score (nSPS) is 10.6. The summed E-state index contributed by atoms with van der Waals surface area (Å²) in [5.74, 6) is -0.634. The van der Waals surface area contributed by atoms with Gasteiger partial charge in [0.1, 0.15) is 0 Å². The summed E-state index contributed by atoms with van der Waals surface area (Å²) in [6.45, 7) is 7.80. The molecule has 0 aliphatic rings. The minimum absolute atomic E-state index is 0.0645. The summed E-state index contributed by atoms with van der Waals surface area (Å²) in [6, 6.07) is 10.6. The average molecular weight is 431 g/mol. The number of halogens is 1. The molecule has 0 spiro atoms. The fourth-order valence-corrected chi connectivity index (χ4v) is 3.35. The number of nitrogens with one attached hydrogen (secondary N) is 3. The van der Waals surface area contributed by atoms with Crippen LogP contribution in [0.5, 0.6) is 0 Å². The summed E-state index contributed by atoms with van der Waals surface area (Å²) < 4.78 is 0. The first-order chi connectivity index (χ1) is 14.2. The van der Waals surface area contributed by atoms with E-state index < -0.39 is 0 Å². The van der Waals surface area contributed by atoms with Crippen LogP contribution in [0.1, 0.15) is 25.0 Å².